The molecule has 0 fully saturated rings. The van der Waals surface area contributed by atoms with Crippen LogP contribution in [0.3, 0.4) is 0 Å². The normalized spacial score (nSPS) is 0.500. The van der Waals surface area contributed by atoms with Gasteiger partial charge in [-0.15, -0.1) is 0 Å². The van der Waals surface area contributed by atoms with Gasteiger partial charge in [0, 0.05) is 23.4 Å². The fourth-order valence-electron chi connectivity index (χ4n) is 0. The zero-order chi connectivity index (χ0) is 2.00. The molecule has 0 amide bonds. The van der Waals surface area contributed by atoms with Crippen LogP contribution in [-0.4, -0.2) is 18.9 Å². The van der Waals surface area contributed by atoms with E-state index in [1.165, 1.54) is 0 Å². The third-order valence-corrected chi connectivity index (χ3v) is 0. The molecule has 0 aromatic carbocycles. The van der Waals surface area contributed by atoms with E-state index in [-0.39, 0.29) is 35.6 Å². The van der Waals surface area contributed by atoms with Crippen molar-refractivity contribution in [3.8, 4) is 6.57 Å². The molecule has 1 radical (unpaired) electrons. The summed E-state index contributed by atoms with van der Waals surface area (Å²) in [6, 6.07) is 0. The average molecular weight is 93.9 g/mol. The third kappa shape index (κ3) is 18.7. The summed E-state index contributed by atoms with van der Waals surface area (Å²) < 4.78 is 0. The molecule has 0 rings (SSSR count). The Hall–Kier alpha value is 0.594. The van der Waals surface area contributed by atoms with Crippen molar-refractivity contribution in [2.24, 2.45) is 0 Å². The summed E-state index contributed by atoms with van der Waals surface area (Å²) in [6.07, 6.45) is 0. The van der Waals surface area contributed by atoms with E-state index in [1.807, 2.05) is 0 Å². The average Bonchev–Trinajstić information content (AvgIpc) is 1.00. The maximum atomic E-state index is 6.50. The van der Waals surface area contributed by atoms with Crippen LogP contribution in [0.5, 0.6) is 0 Å². The Bertz CT molecular complexity index is 12.8. The Kier molecular flexibility index (Phi) is 400. The molecule has 0 saturated heterocycles. The summed E-state index contributed by atoms with van der Waals surface area (Å²) >= 11 is 0. The molecule has 0 aliphatic rings. The Labute approximate surface area is 47.7 Å². The summed E-state index contributed by atoms with van der Waals surface area (Å²) in [6.45, 7) is 3.50. The maximum absolute atomic E-state index is 6.50. The summed E-state index contributed by atoms with van der Waals surface area (Å²) in [7, 11) is 0. The molecule has 0 aliphatic heterocycles. The van der Waals surface area contributed by atoms with Gasteiger partial charge in [-0.3, -0.25) is 0 Å². The zero-order valence-electron chi connectivity index (χ0n) is 1.36. The SMILES string of the molecule is C#N.[Co].[LiH]. The standard InChI is InChI=1S/CHN.Co.Li.H/c1-2;;;/h1H;;;. The van der Waals surface area contributed by atoms with Crippen LogP contribution in [0.1, 0.15) is 0 Å². The molecule has 4 heavy (non-hydrogen) atoms. The topological polar surface area (TPSA) is 23.8 Å². The van der Waals surface area contributed by atoms with Crippen molar-refractivity contribution in [2.75, 3.05) is 0 Å². The molecule has 1 nitrogen and oxygen atoms in total. The molecular formula is CH2CoLiN. The molecule has 0 aromatic heterocycles. The number of rotatable bonds is 0. The van der Waals surface area contributed by atoms with Crippen LogP contribution in [-0.2, 0) is 16.8 Å². The predicted octanol–water partition coefficient (Wildman–Crippen LogP) is -0.511. The third-order valence-electron chi connectivity index (χ3n) is 0. The van der Waals surface area contributed by atoms with Crippen LogP contribution in [0.2, 0.25) is 0 Å². The number of hydrogen-bond acceptors (Lipinski definition) is 1. The molecular weight excluding hydrogens is 91.9 g/mol. The number of nitriles is 1. The first-order chi connectivity index (χ1) is 1.00. The molecule has 0 heterocycles. The first-order valence-corrected chi connectivity index (χ1v) is 0.258. The van der Waals surface area contributed by atoms with Gasteiger partial charge < -0.3 is 0 Å². The van der Waals surface area contributed by atoms with Gasteiger partial charge in [-0.05, 0) is 0 Å². The molecule has 0 N–H and O–H groups in total. The molecule has 0 aromatic rings. The van der Waals surface area contributed by atoms with Gasteiger partial charge in [0.1, 0.15) is 0 Å². The summed E-state index contributed by atoms with van der Waals surface area (Å²) in [4.78, 5) is 0. The van der Waals surface area contributed by atoms with E-state index in [1.54, 1.807) is 0 Å². The Morgan fingerprint density at radius 1 is 1.25 bits per heavy atom. The number of hydrogen-bond donors (Lipinski definition) is 0. The minimum absolute atomic E-state index is 0. The first kappa shape index (κ1) is 23.4. The van der Waals surface area contributed by atoms with Crippen LogP contribution in [0.25, 0.3) is 0 Å². The van der Waals surface area contributed by atoms with Gasteiger partial charge in [-0.2, -0.15) is 0 Å². The van der Waals surface area contributed by atoms with Gasteiger partial charge in [-0.25, -0.2) is 5.26 Å². The van der Waals surface area contributed by atoms with Gasteiger partial charge in [-0.1, -0.05) is 0 Å². The van der Waals surface area contributed by atoms with Crippen LogP contribution in [0, 0.1) is 11.8 Å². The summed E-state index contributed by atoms with van der Waals surface area (Å²) in [5.41, 5.74) is 0. The first-order valence-electron chi connectivity index (χ1n) is 0.258. The fourth-order valence-corrected chi connectivity index (χ4v) is 0. The fraction of sp³-hybridized carbons (Fsp3) is 0. The van der Waals surface area contributed by atoms with Crippen LogP contribution in [0.4, 0.5) is 0 Å². The molecule has 0 spiro atoms. The van der Waals surface area contributed by atoms with E-state index in [0.717, 1.165) is 0 Å². The molecule has 0 bridgehead atoms. The van der Waals surface area contributed by atoms with Gasteiger partial charge in [0.2, 0.25) is 0 Å². The molecule has 0 aliphatic carbocycles. The second-order valence-electron chi connectivity index (χ2n) is 0. The predicted molar refractivity (Wildman–Crippen MR) is 13.8 cm³/mol. The molecule has 0 atom stereocenters. The second-order valence-corrected chi connectivity index (χ2v) is 0. The summed E-state index contributed by atoms with van der Waals surface area (Å²) in [5.74, 6) is 0. The molecule has 21 valence electrons. The Morgan fingerprint density at radius 3 is 1.25 bits per heavy atom. The van der Waals surface area contributed by atoms with Gasteiger partial charge >= 0.3 is 18.9 Å². The van der Waals surface area contributed by atoms with E-state index < -0.39 is 0 Å². The quantitative estimate of drug-likeness (QED) is 0.371. The second kappa shape index (κ2) is 68.6. The van der Waals surface area contributed by atoms with E-state index in [2.05, 4.69) is 6.57 Å². The van der Waals surface area contributed by atoms with Crippen molar-refractivity contribution in [3.63, 3.8) is 0 Å². The van der Waals surface area contributed by atoms with Crippen molar-refractivity contribution in [1.29, 1.82) is 5.26 Å². The van der Waals surface area contributed by atoms with Crippen LogP contribution >= 0.6 is 0 Å². The van der Waals surface area contributed by atoms with Crippen molar-refractivity contribution < 1.29 is 16.8 Å². The van der Waals surface area contributed by atoms with Gasteiger partial charge in [0.25, 0.3) is 0 Å². The van der Waals surface area contributed by atoms with Crippen molar-refractivity contribution >= 4 is 18.9 Å². The summed E-state index contributed by atoms with van der Waals surface area (Å²) in [5, 5.41) is 6.50. The van der Waals surface area contributed by atoms with E-state index in [9.17, 15) is 0 Å². The van der Waals surface area contributed by atoms with Crippen molar-refractivity contribution in [2.45, 2.75) is 0 Å². The Balaban J connectivity index is -0.00000000500. The molecule has 0 saturated carbocycles. The van der Waals surface area contributed by atoms with E-state index in [4.69, 9.17) is 5.26 Å². The number of nitrogens with zero attached hydrogens (tertiary/aromatic N) is 1. The van der Waals surface area contributed by atoms with Crippen LogP contribution in [0.15, 0.2) is 0 Å². The van der Waals surface area contributed by atoms with Crippen molar-refractivity contribution in [3.05, 3.63) is 0 Å². The molecule has 3 heteroatoms. The van der Waals surface area contributed by atoms with Gasteiger partial charge in [0.05, 0.1) is 0 Å². The monoisotopic (exact) mass is 94.0 g/mol. The van der Waals surface area contributed by atoms with Crippen molar-refractivity contribution in [1.82, 2.24) is 0 Å². The molecule has 0 unspecified atom stereocenters. The van der Waals surface area contributed by atoms with E-state index >= 15 is 0 Å². The minimum atomic E-state index is 0. The van der Waals surface area contributed by atoms with Gasteiger partial charge in [0.15, 0.2) is 0 Å². The Morgan fingerprint density at radius 2 is 1.25 bits per heavy atom. The zero-order valence-corrected chi connectivity index (χ0v) is 2.40. The van der Waals surface area contributed by atoms with Crippen LogP contribution < -0.4 is 0 Å². The van der Waals surface area contributed by atoms with E-state index in [0.29, 0.717) is 0 Å².